The molecule has 1 unspecified atom stereocenters. The van der Waals surface area contributed by atoms with Crippen molar-refractivity contribution in [3.8, 4) is 0 Å². The number of benzene rings is 1. The van der Waals surface area contributed by atoms with Gasteiger partial charge < -0.3 is 25.7 Å². The first-order chi connectivity index (χ1) is 17.3. The third kappa shape index (κ3) is 7.09. The van der Waals surface area contributed by atoms with E-state index in [0.717, 1.165) is 25.3 Å². The minimum atomic E-state index is -1.26. The number of carbonyl (C=O) groups excluding carboxylic acids is 2. The van der Waals surface area contributed by atoms with Gasteiger partial charge in [-0.2, -0.15) is 0 Å². The summed E-state index contributed by atoms with van der Waals surface area (Å²) >= 11 is 0. The number of fused-ring (bicyclic) bond motifs is 1. The number of carboxylic acid groups (broad SMARTS) is 2. The van der Waals surface area contributed by atoms with Gasteiger partial charge in [-0.3, -0.25) is 9.59 Å². The van der Waals surface area contributed by atoms with E-state index in [0.29, 0.717) is 37.9 Å². The van der Waals surface area contributed by atoms with Crippen molar-refractivity contribution < 1.29 is 42.6 Å². The molecule has 1 aromatic carbocycles. The fourth-order valence-corrected chi connectivity index (χ4v) is 4.78. The highest BCUT2D eigenvalue weighted by molar-refractivity contribution is 5.89. The first-order valence-electron chi connectivity index (χ1n) is 11.9. The maximum absolute atomic E-state index is 13.8. The Bertz CT molecular complexity index is 1090. The lowest BCUT2D eigenvalue weighted by Crippen LogP contribution is -2.43. The molecule has 1 aliphatic carbocycles. The Morgan fingerprint density at radius 3 is 2.22 bits per heavy atom. The summed E-state index contributed by atoms with van der Waals surface area (Å²) in [5.41, 5.74) is 5.75. The number of carboxylic acids is 2. The van der Waals surface area contributed by atoms with Gasteiger partial charge in [0.2, 0.25) is 11.8 Å². The predicted octanol–water partition coefficient (Wildman–Crippen LogP) is 1.93. The maximum Gasteiger partial charge on any atom is 0.328 e. The van der Waals surface area contributed by atoms with Gasteiger partial charge in [0.15, 0.2) is 11.6 Å². The minimum absolute atomic E-state index is 0.000928. The van der Waals surface area contributed by atoms with Gasteiger partial charge >= 0.3 is 11.9 Å². The van der Waals surface area contributed by atoms with E-state index in [4.69, 9.17) is 15.9 Å². The van der Waals surface area contributed by atoms with E-state index < -0.39 is 35.4 Å². The Morgan fingerprint density at radius 1 is 1.05 bits per heavy atom. The number of aliphatic carboxylic acids is 2. The van der Waals surface area contributed by atoms with Crippen molar-refractivity contribution in [3.63, 3.8) is 0 Å². The number of nitrogens with zero attached hydrogens (tertiary/aromatic N) is 2. The van der Waals surface area contributed by atoms with E-state index in [-0.39, 0.29) is 47.6 Å². The normalized spacial score (nSPS) is 22.3. The van der Waals surface area contributed by atoms with Crippen molar-refractivity contribution in [2.75, 3.05) is 19.6 Å². The van der Waals surface area contributed by atoms with Gasteiger partial charge in [-0.25, -0.2) is 22.8 Å². The standard InChI is InChI=1S/C21H26F3N3O2.C4H4O4/c1-21(3-4-21)20(29)26-10-12-2-5-27(18(12)11-26)19(28)8-14(25)6-13-7-16(23)17(24)9-15(13)22;5-3(6)1-2-4(7)8/h7,9,12,14,18H,2-6,8,10-11,25H2,1H3;1-2H,(H,5,6)(H,7,8)/t12-,14?,18+;/m0./s1. The lowest BCUT2D eigenvalue weighted by Gasteiger charge is -2.27. The van der Waals surface area contributed by atoms with Gasteiger partial charge in [0.05, 0.1) is 6.04 Å². The second kappa shape index (κ2) is 11.3. The zero-order valence-electron chi connectivity index (χ0n) is 20.3. The summed E-state index contributed by atoms with van der Waals surface area (Å²) in [7, 11) is 0. The quantitative estimate of drug-likeness (QED) is 0.365. The number of halogens is 3. The molecule has 2 amide bonds. The Kier molecular flexibility index (Phi) is 8.62. The molecule has 4 N–H and O–H groups in total. The van der Waals surface area contributed by atoms with Crippen LogP contribution in [0.25, 0.3) is 0 Å². The number of likely N-dealkylation sites (tertiary alicyclic amines) is 2. The van der Waals surface area contributed by atoms with Crippen LogP contribution in [-0.4, -0.2) is 75.5 Å². The van der Waals surface area contributed by atoms with Crippen LogP contribution in [0.3, 0.4) is 0 Å². The number of nitrogens with two attached hydrogens (primary N) is 1. The fraction of sp³-hybridized carbons (Fsp3) is 0.520. The number of carbonyl (C=O) groups is 4. The van der Waals surface area contributed by atoms with Crippen molar-refractivity contribution in [2.45, 2.75) is 51.1 Å². The van der Waals surface area contributed by atoms with E-state index >= 15 is 0 Å². The van der Waals surface area contributed by atoms with Crippen LogP contribution < -0.4 is 5.73 Å². The van der Waals surface area contributed by atoms with E-state index in [9.17, 15) is 32.3 Å². The van der Waals surface area contributed by atoms with Crippen LogP contribution >= 0.6 is 0 Å². The predicted molar refractivity (Wildman–Crippen MR) is 125 cm³/mol. The number of amides is 2. The van der Waals surface area contributed by atoms with Crippen LogP contribution in [0.1, 0.15) is 38.2 Å². The molecule has 12 heteroatoms. The zero-order chi connectivity index (χ0) is 27.5. The summed E-state index contributed by atoms with van der Waals surface area (Å²) in [4.78, 5) is 48.2. The summed E-state index contributed by atoms with van der Waals surface area (Å²) < 4.78 is 40.3. The molecular weight excluding hydrogens is 495 g/mol. The van der Waals surface area contributed by atoms with Crippen molar-refractivity contribution >= 4 is 23.8 Å². The summed E-state index contributed by atoms with van der Waals surface area (Å²) in [5.74, 6) is -5.44. The van der Waals surface area contributed by atoms with Gasteiger partial charge in [-0.1, -0.05) is 6.92 Å². The van der Waals surface area contributed by atoms with Gasteiger partial charge in [-0.15, -0.1) is 0 Å². The van der Waals surface area contributed by atoms with E-state index in [1.807, 2.05) is 11.8 Å². The number of hydrogen-bond donors (Lipinski definition) is 3. The average molecular weight is 526 g/mol. The van der Waals surface area contributed by atoms with Crippen LogP contribution in [0, 0.1) is 28.8 Å². The molecule has 0 radical (unpaired) electrons. The van der Waals surface area contributed by atoms with Gasteiger partial charge in [0.25, 0.3) is 0 Å². The first kappa shape index (κ1) is 28.2. The molecule has 2 aliphatic heterocycles. The fourth-order valence-electron chi connectivity index (χ4n) is 4.78. The molecule has 37 heavy (non-hydrogen) atoms. The van der Waals surface area contributed by atoms with Crippen molar-refractivity contribution in [2.24, 2.45) is 17.1 Å². The largest absolute Gasteiger partial charge is 0.478 e. The zero-order valence-corrected chi connectivity index (χ0v) is 20.3. The van der Waals surface area contributed by atoms with Crippen LogP contribution in [0.5, 0.6) is 0 Å². The summed E-state index contributed by atoms with van der Waals surface area (Å²) in [6, 6.07) is 0.584. The molecule has 0 spiro atoms. The lowest BCUT2D eigenvalue weighted by atomic mass is 10.0. The Morgan fingerprint density at radius 2 is 1.65 bits per heavy atom. The topological polar surface area (TPSA) is 141 Å². The number of rotatable bonds is 7. The summed E-state index contributed by atoms with van der Waals surface area (Å²) in [6.07, 6.45) is 3.76. The van der Waals surface area contributed by atoms with E-state index in [2.05, 4.69) is 0 Å². The lowest BCUT2D eigenvalue weighted by molar-refractivity contribution is -0.137. The average Bonchev–Trinajstić information content (AvgIpc) is 3.24. The van der Waals surface area contributed by atoms with Crippen LogP contribution in [0.4, 0.5) is 13.2 Å². The summed E-state index contributed by atoms with van der Waals surface area (Å²) in [6.45, 7) is 3.86. The molecule has 1 saturated carbocycles. The van der Waals surface area contributed by atoms with Crippen molar-refractivity contribution in [3.05, 3.63) is 47.3 Å². The second-order valence-electron chi connectivity index (χ2n) is 10.0. The minimum Gasteiger partial charge on any atom is -0.478 e. The SMILES string of the molecule is CC1(C(=O)N2C[C@@H]3CCN(C(=O)CC(N)Cc4cc(F)c(F)cc4F)[C@@H]3C2)CC1.O=C(O)C=CC(=O)O. The van der Waals surface area contributed by atoms with Gasteiger partial charge in [0, 0.05) is 61.6 Å². The molecule has 2 saturated heterocycles. The molecule has 3 fully saturated rings. The maximum atomic E-state index is 13.8. The molecule has 0 aromatic heterocycles. The third-order valence-electron chi connectivity index (χ3n) is 7.05. The number of hydrogen-bond acceptors (Lipinski definition) is 5. The molecule has 4 rings (SSSR count). The Labute approximate surface area is 211 Å². The second-order valence-corrected chi connectivity index (χ2v) is 10.0. The molecule has 3 atom stereocenters. The van der Waals surface area contributed by atoms with E-state index in [1.165, 1.54) is 0 Å². The van der Waals surface area contributed by atoms with Crippen LogP contribution in [0.15, 0.2) is 24.3 Å². The van der Waals surface area contributed by atoms with Crippen LogP contribution in [-0.2, 0) is 25.6 Å². The molecular formula is C25H30F3N3O6. The highest BCUT2D eigenvalue weighted by Crippen LogP contribution is 2.47. The molecule has 9 nitrogen and oxygen atoms in total. The van der Waals surface area contributed by atoms with Crippen molar-refractivity contribution in [1.29, 1.82) is 0 Å². The van der Waals surface area contributed by atoms with Crippen LogP contribution in [0.2, 0.25) is 0 Å². The molecule has 2 heterocycles. The first-order valence-corrected chi connectivity index (χ1v) is 11.9. The third-order valence-corrected chi connectivity index (χ3v) is 7.05. The molecule has 3 aliphatic rings. The Balaban J connectivity index is 0.000000414. The van der Waals surface area contributed by atoms with Gasteiger partial charge in [-0.05, 0) is 37.3 Å². The molecule has 1 aromatic rings. The van der Waals surface area contributed by atoms with Crippen molar-refractivity contribution in [1.82, 2.24) is 9.80 Å². The highest BCUT2D eigenvalue weighted by atomic mass is 19.2. The summed E-state index contributed by atoms with van der Waals surface area (Å²) in [5, 5.41) is 15.6. The monoisotopic (exact) mass is 525 g/mol. The molecule has 202 valence electrons. The van der Waals surface area contributed by atoms with E-state index in [1.54, 1.807) is 4.90 Å². The molecule has 0 bridgehead atoms. The smallest absolute Gasteiger partial charge is 0.328 e. The highest BCUT2D eigenvalue weighted by Gasteiger charge is 2.52. The van der Waals surface area contributed by atoms with Gasteiger partial charge in [0.1, 0.15) is 5.82 Å². The Hall–Kier alpha value is -3.41.